The zero-order chi connectivity index (χ0) is 24.5. The van der Waals surface area contributed by atoms with Crippen molar-refractivity contribution in [2.45, 2.75) is 13.8 Å². The topological polar surface area (TPSA) is 58.7 Å². The SMILES string of the molecule is Cc1ccccc1-n1c(-c2ccc(Cl)cc2)cc(C(=O)N2CCN(C(=O)c3ccco3)CC2)c1C. The first kappa shape index (κ1) is 23.0. The third-order valence-electron chi connectivity index (χ3n) is 6.56. The summed E-state index contributed by atoms with van der Waals surface area (Å²) in [6.45, 7) is 5.92. The van der Waals surface area contributed by atoms with Crippen molar-refractivity contribution < 1.29 is 14.0 Å². The van der Waals surface area contributed by atoms with Crippen molar-refractivity contribution >= 4 is 23.4 Å². The number of hydrogen-bond acceptors (Lipinski definition) is 3. The van der Waals surface area contributed by atoms with Gasteiger partial charge in [0.15, 0.2) is 5.76 Å². The Hall–Kier alpha value is -3.77. The smallest absolute Gasteiger partial charge is 0.289 e. The van der Waals surface area contributed by atoms with Gasteiger partial charge >= 0.3 is 0 Å². The van der Waals surface area contributed by atoms with Crippen LogP contribution in [-0.4, -0.2) is 52.4 Å². The normalized spacial score (nSPS) is 13.8. The minimum atomic E-state index is -0.144. The van der Waals surface area contributed by atoms with E-state index in [1.165, 1.54) is 6.26 Å². The van der Waals surface area contributed by atoms with E-state index in [-0.39, 0.29) is 11.8 Å². The number of aryl methyl sites for hydroxylation is 1. The van der Waals surface area contributed by atoms with Crippen LogP contribution in [0.3, 0.4) is 0 Å². The van der Waals surface area contributed by atoms with E-state index in [1.807, 2.05) is 54.3 Å². The first-order chi connectivity index (χ1) is 16.9. The summed E-state index contributed by atoms with van der Waals surface area (Å²) in [5, 5.41) is 0.665. The standard InChI is InChI=1S/C28H26ClN3O3/c1-19-6-3-4-7-24(19)32-20(2)23(18-25(32)21-9-11-22(29)12-10-21)27(33)30-13-15-31(16-14-30)28(34)26-8-5-17-35-26/h3-12,17-18H,13-16H2,1-2H3. The van der Waals surface area contributed by atoms with Gasteiger partial charge in [-0.05, 0) is 61.4 Å². The maximum absolute atomic E-state index is 13.7. The monoisotopic (exact) mass is 487 g/mol. The summed E-state index contributed by atoms with van der Waals surface area (Å²) in [6.07, 6.45) is 1.49. The highest BCUT2D eigenvalue weighted by molar-refractivity contribution is 6.30. The zero-order valence-corrected chi connectivity index (χ0v) is 20.5. The number of rotatable bonds is 4. The fourth-order valence-electron chi connectivity index (χ4n) is 4.62. The molecular formula is C28H26ClN3O3. The van der Waals surface area contributed by atoms with Crippen LogP contribution in [0.25, 0.3) is 16.9 Å². The van der Waals surface area contributed by atoms with Crippen molar-refractivity contribution in [2.24, 2.45) is 0 Å². The Labute approximate surface area is 209 Å². The van der Waals surface area contributed by atoms with Crippen molar-refractivity contribution in [2.75, 3.05) is 26.2 Å². The highest BCUT2D eigenvalue weighted by Crippen LogP contribution is 2.32. The Morgan fingerprint density at radius 1 is 0.829 bits per heavy atom. The number of amides is 2. The van der Waals surface area contributed by atoms with Gasteiger partial charge in [-0.3, -0.25) is 9.59 Å². The minimum Gasteiger partial charge on any atom is -0.459 e. The summed E-state index contributed by atoms with van der Waals surface area (Å²) in [5.41, 5.74) is 5.60. The average molecular weight is 488 g/mol. The summed E-state index contributed by atoms with van der Waals surface area (Å²) < 4.78 is 7.38. The van der Waals surface area contributed by atoms with Gasteiger partial charge in [0, 0.05) is 42.6 Å². The summed E-state index contributed by atoms with van der Waals surface area (Å²) in [5.74, 6) is 0.146. The molecule has 0 aliphatic carbocycles. The molecule has 1 aliphatic rings. The molecule has 35 heavy (non-hydrogen) atoms. The highest BCUT2D eigenvalue weighted by Gasteiger charge is 2.29. The molecule has 0 saturated carbocycles. The van der Waals surface area contributed by atoms with Crippen LogP contribution < -0.4 is 0 Å². The Balaban J connectivity index is 1.46. The van der Waals surface area contributed by atoms with Crippen LogP contribution in [0.1, 0.15) is 32.2 Å². The largest absolute Gasteiger partial charge is 0.459 e. The van der Waals surface area contributed by atoms with E-state index in [1.54, 1.807) is 17.0 Å². The van der Waals surface area contributed by atoms with Crippen LogP contribution in [0.5, 0.6) is 0 Å². The van der Waals surface area contributed by atoms with Gasteiger partial charge in [-0.2, -0.15) is 0 Å². The quantitative estimate of drug-likeness (QED) is 0.376. The van der Waals surface area contributed by atoms with Gasteiger partial charge in [0.25, 0.3) is 11.8 Å². The lowest BCUT2D eigenvalue weighted by Gasteiger charge is -2.34. The second-order valence-electron chi connectivity index (χ2n) is 8.72. The van der Waals surface area contributed by atoms with Gasteiger partial charge < -0.3 is 18.8 Å². The number of piperazine rings is 1. The van der Waals surface area contributed by atoms with E-state index in [2.05, 4.69) is 23.6 Å². The van der Waals surface area contributed by atoms with E-state index in [0.717, 1.165) is 28.2 Å². The maximum atomic E-state index is 13.7. The van der Waals surface area contributed by atoms with Crippen molar-refractivity contribution in [3.63, 3.8) is 0 Å². The molecule has 1 saturated heterocycles. The van der Waals surface area contributed by atoms with Crippen molar-refractivity contribution in [3.05, 3.63) is 101 Å². The molecule has 3 heterocycles. The van der Waals surface area contributed by atoms with Crippen LogP contribution in [-0.2, 0) is 0 Å². The molecule has 7 heteroatoms. The van der Waals surface area contributed by atoms with Gasteiger partial charge in [-0.15, -0.1) is 0 Å². The van der Waals surface area contributed by atoms with Crippen molar-refractivity contribution in [1.29, 1.82) is 0 Å². The van der Waals surface area contributed by atoms with Crippen LogP contribution >= 0.6 is 11.6 Å². The summed E-state index contributed by atoms with van der Waals surface area (Å²) >= 11 is 6.13. The second kappa shape index (κ2) is 9.47. The van der Waals surface area contributed by atoms with Crippen LogP contribution in [0, 0.1) is 13.8 Å². The first-order valence-corrected chi connectivity index (χ1v) is 12.0. The molecule has 1 aliphatic heterocycles. The Morgan fingerprint density at radius 3 is 2.11 bits per heavy atom. The number of furan rings is 1. The first-order valence-electron chi connectivity index (χ1n) is 11.6. The minimum absolute atomic E-state index is 0.0323. The van der Waals surface area contributed by atoms with Crippen molar-refractivity contribution in [1.82, 2.24) is 14.4 Å². The molecule has 5 rings (SSSR count). The lowest BCUT2D eigenvalue weighted by atomic mass is 10.1. The number of hydrogen-bond donors (Lipinski definition) is 0. The van der Waals surface area contributed by atoms with E-state index < -0.39 is 0 Å². The van der Waals surface area contributed by atoms with Crippen molar-refractivity contribution in [3.8, 4) is 16.9 Å². The third-order valence-corrected chi connectivity index (χ3v) is 6.81. The van der Waals surface area contributed by atoms with Gasteiger partial charge in [-0.25, -0.2) is 0 Å². The molecule has 0 unspecified atom stereocenters. The third kappa shape index (κ3) is 4.37. The molecule has 0 bridgehead atoms. The molecule has 0 spiro atoms. The van der Waals surface area contributed by atoms with E-state index in [4.69, 9.17) is 16.0 Å². The van der Waals surface area contributed by atoms with E-state index in [0.29, 0.717) is 42.5 Å². The van der Waals surface area contributed by atoms with Gasteiger partial charge in [-0.1, -0.05) is 41.9 Å². The number of halogens is 1. The number of aromatic nitrogens is 1. The zero-order valence-electron chi connectivity index (χ0n) is 19.7. The lowest BCUT2D eigenvalue weighted by Crippen LogP contribution is -2.50. The lowest BCUT2D eigenvalue weighted by molar-refractivity contribution is 0.0518. The Morgan fingerprint density at radius 2 is 1.49 bits per heavy atom. The molecule has 0 radical (unpaired) electrons. The predicted octanol–water partition coefficient (Wildman–Crippen LogP) is 5.61. The van der Waals surface area contributed by atoms with Gasteiger partial charge in [0.2, 0.25) is 0 Å². The fraction of sp³-hybridized carbons (Fsp3) is 0.214. The van der Waals surface area contributed by atoms with Gasteiger partial charge in [0.1, 0.15) is 0 Å². The molecular weight excluding hydrogens is 462 g/mol. The molecule has 0 atom stereocenters. The molecule has 4 aromatic rings. The highest BCUT2D eigenvalue weighted by atomic mass is 35.5. The number of para-hydroxylation sites is 1. The van der Waals surface area contributed by atoms with E-state index in [9.17, 15) is 9.59 Å². The van der Waals surface area contributed by atoms with E-state index >= 15 is 0 Å². The molecule has 2 aromatic carbocycles. The van der Waals surface area contributed by atoms with Crippen LogP contribution in [0.15, 0.2) is 77.4 Å². The molecule has 6 nitrogen and oxygen atoms in total. The Kier molecular flexibility index (Phi) is 6.22. The predicted molar refractivity (Wildman–Crippen MR) is 136 cm³/mol. The second-order valence-corrected chi connectivity index (χ2v) is 9.16. The molecule has 2 amide bonds. The summed E-state index contributed by atoms with van der Waals surface area (Å²) in [7, 11) is 0. The number of benzene rings is 2. The molecule has 178 valence electrons. The van der Waals surface area contributed by atoms with Crippen LogP contribution in [0.4, 0.5) is 0 Å². The maximum Gasteiger partial charge on any atom is 0.289 e. The molecule has 1 fully saturated rings. The Bertz CT molecular complexity index is 1370. The number of carbonyl (C=O) groups excluding carboxylic acids is 2. The molecule has 2 aromatic heterocycles. The molecule has 0 N–H and O–H groups in total. The number of carbonyl (C=O) groups is 2. The van der Waals surface area contributed by atoms with Crippen LogP contribution in [0.2, 0.25) is 5.02 Å². The fourth-order valence-corrected chi connectivity index (χ4v) is 4.75. The summed E-state index contributed by atoms with van der Waals surface area (Å²) in [6, 6.07) is 21.1. The van der Waals surface area contributed by atoms with Gasteiger partial charge in [0.05, 0.1) is 17.5 Å². The average Bonchev–Trinajstić information content (AvgIpc) is 3.53. The number of nitrogens with zero attached hydrogens (tertiary/aromatic N) is 3. The summed E-state index contributed by atoms with van der Waals surface area (Å²) in [4.78, 5) is 29.8.